The van der Waals surface area contributed by atoms with Gasteiger partial charge < -0.3 is 10.6 Å². The van der Waals surface area contributed by atoms with Gasteiger partial charge in [0.25, 0.3) is 0 Å². The number of carbonyl (C=O) groups excluding carboxylic acids is 1. The Morgan fingerprint density at radius 3 is 2.21 bits per heavy atom. The zero-order valence-electron chi connectivity index (χ0n) is 11.4. The average Bonchev–Trinajstić information content (AvgIpc) is 2.35. The topological polar surface area (TPSA) is 49.6 Å². The lowest BCUT2D eigenvalue weighted by Gasteiger charge is -2.36. The number of halogens is 3. The zero-order valence-corrected chi connectivity index (χ0v) is 11.4. The van der Waals surface area contributed by atoms with Crippen LogP contribution >= 0.6 is 0 Å². The molecule has 1 amide bonds. The molecule has 1 aliphatic heterocycles. The summed E-state index contributed by atoms with van der Waals surface area (Å²) in [4.78, 5) is 14.9. The van der Waals surface area contributed by atoms with Crippen molar-refractivity contribution >= 4 is 5.91 Å². The summed E-state index contributed by atoms with van der Waals surface area (Å²) < 4.78 is 36.7. The van der Waals surface area contributed by atoms with Crippen LogP contribution in [0.25, 0.3) is 0 Å². The number of alkyl halides is 3. The van der Waals surface area contributed by atoms with Crippen molar-refractivity contribution in [3.8, 4) is 0 Å². The van der Waals surface area contributed by atoms with Crippen molar-refractivity contribution < 1.29 is 18.0 Å². The van der Waals surface area contributed by atoms with Crippen LogP contribution in [-0.2, 0) is 4.79 Å². The highest BCUT2D eigenvalue weighted by molar-refractivity contribution is 5.82. The van der Waals surface area contributed by atoms with Gasteiger partial charge in [-0.3, -0.25) is 9.69 Å². The van der Waals surface area contributed by atoms with Crippen LogP contribution in [0.4, 0.5) is 13.2 Å². The number of nitrogens with zero attached hydrogens (tertiary/aromatic N) is 2. The summed E-state index contributed by atoms with van der Waals surface area (Å²) in [7, 11) is 0. The van der Waals surface area contributed by atoms with Crippen molar-refractivity contribution in [1.82, 2.24) is 9.80 Å². The van der Waals surface area contributed by atoms with E-state index in [0.717, 1.165) is 6.42 Å². The summed E-state index contributed by atoms with van der Waals surface area (Å²) in [6.07, 6.45) is -3.37. The first kappa shape index (κ1) is 16.2. The van der Waals surface area contributed by atoms with Crippen LogP contribution in [0.2, 0.25) is 0 Å². The number of hydrogen-bond donors (Lipinski definition) is 1. The molecule has 0 aromatic carbocycles. The van der Waals surface area contributed by atoms with Gasteiger partial charge in [-0.05, 0) is 5.92 Å². The summed E-state index contributed by atoms with van der Waals surface area (Å²) in [6.45, 7) is 4.09. The molecule has 2 unspecified atom stereocenters. The van der Waals surface area contributed by atoms with Crippen LogP contribution < -0.4 is 5.73 Å². The highest BCUT2D eigenvalue weighted by Crippen LogP contribution is 2.18. The fraction of sp³-hybridized carbons (Fsp3) is 0.917. The lowest BCUT2D eigenvalue weighted by Crippen LogP contribution is -2.55. The standard InChI is InChI=1S/C12H22F3N3O/c1-3-9(2)10(16)11(19)18-6-4-17(5-7-18)8-12(13,14)15/h9-10H,3-8,16H2,1-2H3. The van der Waals surface area contributed by atoms with Gasteiger partial charge in [0.05, 0.1) is 12.6 Å². The Bertz CT molecular complexity index is 301. The second-order valence-corrected chi connectivity index (χ2v) is 5.13. The zero-order chi connectivity index (χ0) is 14.6. The third kappa shape index (κ3) is 4.99. The van der Waals surface area contributed by atoms with E-state index in [1.807, 2.05) is 13.8 Å². The van der Waals surface area contributed by atoms with Gasteiger partial charge in [0.2, 0.25) is 5.91 Å². The first-order chi connectivity index (χ1) is 8.74. The maximum Gasteiger partial charge on any atom is 0.401 e. The molecule has 0 aromatic heterocycles. The fourth-order valence-corrected chi connectivity index (χ4v) is 2.09. The van der Waals surface area contributed by atoms with Gasteiger partial charge in [-0.2, -0.15) is 13.2 Å². The molecule has 19 heavy (non-hydrogen) atoms. The van der Waals surface area contributed by atoms with E-state index in [1.165, 1.54) is 4.90 Å². The molecule has 0 spiro atoms. The average molecular weight is 281 g/mol. The minimum atomic E-state index is -4.18. The van der Waals surface area contributed by atoms with Crippen LogP contribution in [0.1, 0.15) is 20.3 Å². The lowest BCUT2D eigenvalue weighted by molar-refractivity contribution is -0.152. The molecular formula is C12H22F3N3O. The Hall–Kier alpha value is -0.820. The van der Waals surface area contributed by atoms with Gasteiger partial charge in [0.1, 0.15) is 0 Å². The van der Waals surface area contributed by atoms with Gasteiger partial charge in [-0.15, -0.1) is 0 Å². The molecule has 112 valence electrons. The van der Waals surface area contributed by atoms with Crippen molar-refractivity contribution in [2.24, 2.45) is 11.7 Å². The van der Waals surface area contributed by atoms with E-state index in [4.69, 9.17) is 5.73 Å². The number of rotatable bonds is 4. The number of piperazine rings is 1. The van der Waals surface area contributed by atoms with E-state index in [9.17, 15) is 18.0 Å². The molecule has 0 aromatic rings. The number of carbonyl (C=O) groups is 1. The van der Waals surface area contributed by atoms with E-state index in [2.05, 4.69) is 0 Å². The summed E-state index contributed by atoms with van der Waals surface area (Å²) in [6, 6.07) is -0.556. The molecule has 0 saturated carbocycles. The molecule has 2 atom stereocenters. The Morgan fingerprint density at radius 1 is 1.26 bits per heavy atom. The minimum Gasteiger partial charge on any atom is -0.339 e. The molecular weight excluding hydrogens is 259 g/mol. The summed E-state index contributed by atoms with van der Waals surface area (Å²) in [5, 5.41) is 0. The molecule has 1 rings (SSSR count). The molecule has 0 aliphatic carbocycles. The molecule has 1 saturated heterocycles. The highest BCUT2D eigenvalue weighted by atomic mass is 19.4. The van der Waals surface area contributed by atoms with E-state index >= 15 is 0 Å². The van der Waals surface area contributed by atoms with Crippen molar-refractivity contribution in [3.63, 3.8) is 0 Å². The van der Waals surface area contributed by atoms with Crippen LogP contribution in [-0.4, -0.2) is 60.6 Å². The van der Waals surface area contributed by atoms with E-state index in [1.54, 1.807) is 4.90 Å². The van der Waals surface area contributed by atoms with Crippen LogP contribution in [0.15, 0.2) is 0 Å². The Morgan fingerprint density at radius 2 is 1.79 bits per heavy atom. The Labute approximate surface area is 111 Å². The van der Waals surface area contributed by atoms with Gasteiger partial charge in [-0.1, -0.05) is 20.3 Å². The Balaban J connectivity index is 2.43. The van der Waals surface area contributed by atoms with Crippen LogP contribution in [0.3, 0.4) is 0 Å². The van der Waals surface area contributed by atoms with E-state index in [0.29, 0.717) is 13.1 Å². The summed E-state index contributed by atoms with van der Waals surface area (Å²) in [5.74, 6) is -0.0679. The van der Waals surface area contributed by atoms with Gasteiger partial charge in [0, 0.05) is 26.2 Å². The summed E-state index contributed by atoms with van der Waals surface area (Å²) >= 11 is 0. The van der Waals surface area contributed by atoms with E-state index < -0.39 is 18.8 Å². The van der Waals surface area contributed by atoms with Crippen LogP contribution in [0, 0.1) is 5.92 Å². The third-order valence-corrected chi connectivity index (χ3v) is 3.63. The normalized spacial score (nSPS) is 21.3. The van der Waals surface area contributed by atoms with Crippen molar-refractivity contribution in [2.45, 2.75) is 32.5 Å². The highest BCUT2D eigenvalue weighted by Gasteiger charge is 2.34. The maximum absolute atomic E-state index is 12.2. The van der Waals surface area contributed by atoms with E-state index in [-0.39, 0.29) is 24.9 Å². The van der Waals surface area contributed by atoms with Crippen molar-refractivity contribution in [2.75, 3.05) is 32.7 Å². The molecule has 2 N–H and O–H groups in total. The first-order valence-corrected chi connectivity index (χ1v) is 6.58. The Kier molecular flexibility index (Phi) is 5.61. The SMILES string of the molecule is CCC(C)C(N)C(=O)N1CCN(CC(F)(F)F)CC1. The monoisotopic (exact) mass is 281 g/mol. The second-order valence-electron chi connectivity index (χ2n) is 5.13. The second kappa shape index (κ2) is 6.56. The molecule has 4 nitrogen and oxygen atoms in total. The quantitative estimate of drug-likeness (QED) is 0.838. The fourth-order valence-electron chi connectivity index (χ4n) is 2.09. The smallest absolute Gasteiger partial charge is 0.339 e. The molecule has 1 aliphatic rings. The molecule has 1 heterocycles. The minimum absolute atomic E-state index is 0.0840. The molecule has 0 bridgehead atoms. The van der Waals surface area contributed by atoms with Gasteiger partial charge in [-0.25, -0.2) is 0 Å². The molecule has 0 radical (unpaired) electrons. The summed E-state index contributed by atoms with van der Waals surface area (Å²) in [5.41, 5.74) is 5.85. The number of nitrogens with two attached hydrogens (primary N) is 1. The molecule has 7 heteroatoms. The van der Waals surface area contributed by atoms with Crippen molar-refractivity contribution in [3.05, 3.63) is 0 Å². The predicted octanol–water partition coefficient (Wildman–Crippen LogP) is 1.07. The maximum atomic E-state index is 12.2. The molecule has 1 fully saturated rings. The van der Waals surface area contributed by atoms with Gasteiger partial charge in [0.15, 0.2) is 0 Å². The predicted molar refractivity (Wildman–Crippen MR) is 66.5 cm³/mol. The number of amides is 1. The lowest BCUT2D eigenvalue weighted by atomic mass is 9.98. The van der Waals surface area contributed by atoms with Crippen LogP contribution in [0.5, 0.6) is 0 Å². The largest absolute Gasteiger partial charge is 0.401 e. The number of hydrogen-bond acceptors (Lipinski definition) is 3. The van der Waals surface area contributed by atoms with Gasteiger partial charge >= 0.3 is 6.18 Å². The van der Waals surface area contributed by atoms with Crippen molar-refractivity contribution in [1.29, 1.82) is 0 Å². The first-order valence-electron chi connectivity index (χ1n) is 6.58. The third-order valence-electron chi connectivity index (χ3n) is 3.63.